The molecule has 0 atom stereocenters. The molecule has 1 aromatic heterocycles. The van der Waals surface area contributed by atoms with Crippen LogP contribution in [0, 0.1) is 11.3 Å². The van der Waals surface area contributed by atoms with Crippen molar-refractivity contribution >= 4 is 6.29 Å². The highest BCUT2D eigenvalue weighted by molar-refractivity contribution is 5.54. The fourth-order valence-corrected chi connectivity index (χ4v) is 1.55. The second-order valence-corrected chi connectivity index (χ2v) is 3.65. The van der Waals surface area contributed by atoms with Crippen molar-refractivity contribution in [1.29, 1.82) is 5.26 Å². The number of rotatable bonds is 4. The molecule has 1 N–H and O–H groups in total. The average molecular weight is 224 g/mol. The second-order valence-electron chi connectivity index (χ2n) is 3.65. The fourth-order valence-electron chi connectivity index (χ4n) is 1.55. The van der Waals surface area contributed by atoms with Crippen molar-refractivity contribution in [2.24, 2.45) is 0 Å². The number of H-pyrrole nitrogens is 1. The summed E-state index contributed by atoms with van der Waals surface area (Å²) in [5, 5.41) is 8.68. The molecule has 2 rings (SSSR count). The zero-order chi connectivity index (χ0) is 12.1. The smallest absolute Gasteiger partial charge is 0.204 e. The third kappa shape index (κ3) is 2.79. The summed E-state index contributed by atoms with van der Waals surface area (Å²) in [5.74, 6) is 0.806. The van der Waals surface area contributed by atoms with E-state index in [1.54, 1.807) is 18.3 Å². The number of imidazole rings is 1. The van der Waals surface area contributed by atoms with Gasteiger partial charge in [-0.25, -0.2) is 4.98 Å². The molecule has 0 fully saturated rings. The van der Waals surface area contributed by atoms with Gasteiger partial charge in [-0.3, -0.25) is 4.79 Å². The van der Waals surface area contributed by atoms with Crippen LogP contribution in [0.5, 0.6) is 0 Å². The van der Waals surface area contributed by atoms with Crippen LogP contribution in [0.4, 0.5) is 0 Å². The van der Waals surface area contributed by atoms with Crippen LogP contribution in [0.25, 0.3) is 0 Å². The first kappa shape index (κ1) is 11.1. The van der Waals surface area contributed by atoms with Crippen molar-refractivity contribution in [3.05, 3.63) is 53.1 Å². The van der Waals surface area contributed by atoms with E-state index in [1.807, 2.05) is 18.4 Å². The number of aromatic nitrogens is 2. The average Bonchev–Trinajstić information content (AvgIpc) is 2.78. The minimum atomic E-state index is 0.212. The number of nitrogens with one attached hydrogen (secondary N) is 1. The summed E-state index contributed by atoms with van der Waals surface area (Å²) in [6, 6.07) is 9.42. The predicted octanol–water partition coefficient (Wildman–Crippen LogP) is 1.52. The lowest BCUT2D eigenvalue weighted by Crippen LogP contribution is -1.92. The SMILES string of the molecule is N#Cc1ccc(Cc2nc(C[C]=O)c[nH]2)cc1. The van der Waals surface area contributed by atoms with E-state index in [4.69, 9.17) is 5.26 Å². The van der Waals surface area contributed by atoms with Crippen molar-refractivity contribution in [1.82, 2.24) is 9.97 Å². The number of nitrogens with zero attached hydrogens (tertiary/aromatic N) is 2. The molecule has 0 spiro atoms. The highest BCUT2D eigenvalue weighted by Crippen LogP contribution is 2.08. The van der Waals surface area contributed by atoms with Crippen molar-refractivity contribution < 1.29 is 4.79 Å². The monoisotopic (exact) mass is 224 g/mol. The van der Waals surface area contributed by atoms with Crippen LogP contribution in [0.3, 0.4) is 0 Å². The first-order valence-electron chi connectivity index (χ1n) is 5.19. The van der Waals surface area contributed by atoms with Crippen molar-refractivity contribution in [3.8, 4) is 6.07 Å². The van der Waals surface area contributed by atoms with Gasteiger partial charge in [0, 0.05) is 12.6 Å². The lowest BCUT2D eigenvalue weighted by molar-refractivity contribution is 0.554. The number of hydrogen-bond donors (Lipinski definition) is 1. The zero-order valence-electron chi connectivity index (χ0n) is 9.10. The first-order valence-corrected chi connectivity index (χ1v) is 5.19. The molecule has 0 aliphatic carbocycles. The largest absolute Gasteiger partial charge is 0.348 e. The van der Waals surface area contributed by atoms with Crippen LogP contribution in [0.15, 0.2) is 30.5 Å². The van der Waals surface area contributed by atoms with E-state index < -0.39 is 0 Å². The zero-order valence-corrected chi connectivity index (χ0v) is 9.10. The molecule has 0 aliphatic heterocycles. The molecule has 4 nitrogen and oxygen atoms in total. The fraction of sp³-hybridized carbons (Fsp3) is 0.154. The molecule has 83 valence electrons. The van der Waals surface area contributed by atoms with Crippen LogP contribution in [0.2, 0.25) is 0 Å². The third-order valence-electron chi connectivity index (χ3n) is 2.39. The summed E-state index contributed by atoms with van der Waals surface area (Å²) < 4.78 is 0. The van der Waals surface area contributed by atoms with Gasteiger partial charge in [-0.05, 0) is 17.7 Å². The van der Waals surface area contributed by atoms with E-state index in [0.717, 1.165) is 11.4 Å². The molecule has 1 radical (unpaired) electrons. The van der Waals surface area contributed by atoms with Crippen LogP contribution < -0.4 is 0 Å². The minimum absolute atomic E-state index is 0.212. The molecule has 0 unspecified atom stereocenters. The molecule has 2 aromatic rings. The van der Waals surface area contributed by atoms with Gasteiger partial charge < -0.3 is 4.98 Å². The molecule has 0 amide bonds. The topological polar surface area (TPSA) is 69.5 Å². The summed E-state index contributed by atoms with van der Waals surface area (Å²) in [5.41, 5.74) is 2.41. The Bertz CT molecular complexity index is 549. The maximum Gasteiger partial charge on any atom is 0.204 e. The summed E-state index contributed by atoms with van der Waals surface area (Å²) in [6.45, 7) is 0. The Morgan fingerprint density at radius 1 is 1.29 bits per heavy atom. The Morgan fingerprint density at radius 2 is 2.06 bits per heavy atom. The lowest BCUT2D eigenvalue weighted by Gasteiger charge is -1.97. The molecular formula is C13H10N3O. The van der Waals surface area contributed by atoms with Gasteiger partial charge in [-0.15, -0.1) is 0 Å². The van der Waals surface area contributed by atoms with Crippen LogP contribution >= 0.6 is 0 Å². The van der Waals surface area contributed by atoms with E-state index in [9.17, 15) is 4.79 Å². The molecule has 0 saturated heterocycles. The van der Waals surface area contributed by atoms with Gasteiger partial charge >= 0.3 is 0 Å². The summed E-state index contributed by atoms with van der Waals surface area (Å²) in [6.07, 6.45) is 4.39. The number of hydrogen-bond acceptors (Lipinski definition) is 3. The molecule has 17 heavy (non-hydrogen) atoms. The van der Waals surface area contributed by atoms with E-state index in [-0.39, 0.29) is 6.42 Å². The van der Waals surface area contributed by atoms with E-state index in [1.165, 1.54) is 0 Å². The van der Waals surface area contributed by atoms with E-state index >= 15 is 0 Å². The summed E-state index contributed by atoms with van der Waals surface area (Å²) in [7, 11) is 0. The quantitative estimate of drug-likeness (QED) is 0.856. The van der Waals surface area contributed by atoms with Crippen molar-refractivity contribution in [2.75, 3.05) is 0 Å². The maximum absolute atomic E-state index is 10.2. The first-order chi connectivity index (χ1) is 8.31. The van der Waals surface area contributed by atoms with Gasteiger partial charge in [0.1, 0.15) is 5.82 Å². The molecule has 4 heteroatoms. The number of carbonyl (C=O) groups excluding carboxylic acids is 1. The maximum atomic E-state index is 10.2. The standard InChI is InChI=1S/C13H10N3O/c14-8-11-3-1-10(2-4-11)7-13-15-9-12(16-13)5-6-17/h1-4,9H,5,7H2,(H,15,16). The lowest BCUT2D eigenvalue weighted by atomic mass is 10.1. The minimum Gasteiger partial charge on any atom is -0.348 e. The predicted molar refractivity (Wildman–Crippen MR) is 61.9 cm³/mol. The Balaban J connectivity index is 2.08. The van der Waals surface area contributed by atoms with Gasteiger partial charge in [0.15, 0.2) is 0 Å². The summed E-state index contributed by atoms with van der Waals surface area (Å²) in [4.78, 5) is 17.5. The highest BCUT2D eigenvalue weighted by atomic mass is 16.1. The van der Waals surface area contributed by atoms with Gasteiger partial charge in [-0.2, -0.15) is 5.26 Å². The third-order valence-corrected chi connectivity index (χ3v) is 2.39. The molecule has 0 aliphatic rings. The van der Waals surface area contributed by atoms with E-state index in [0.29, 0.717) is 17.7 Å². The normalized spacial score (nSPS) is 9.82. The molecule has 1 heterocycles. The Labute approximate surface area is 98.9 Å². The van der Waals surface area contributed by atoms with E-state index in [2.05, 4.69) is 16.0 Å². The van der Waals surface area contributed by atoms with Gasteiger partial charge in [0.05, 0.1) is 23.7 Å². The van der Waals surface area contributed by atoms with Crippen LogP contribution in [0.1, 0.15) is 22.6 Å². The van der Waals surface area contributed by atoms with Crippen molar-refractivity contribution in [2.45, 2.75) is 12.8 Å². The molecule has 0 bridgehead atoms. The summed E-state index contributed by atoms with van der Waals surface area (Å²) >= 11 is 0. The Morgan fingerprint density at radius 3 is 2.71 bits per heavy atom. The van der Waals surface area contributed by atoms with Crippen molar-refractivity contribution in [3.63, 3.8) is 0 Å². The van der Waals surface area contributed by atoms with Crippen LogP contribution in [-0.4, -0.2) is 16.3 Å². The number of nitriles is 1. The Hall–Kier alpha value is -2.41. The second kappa shape index (κ2) is 5.08. The van der Waals surface area contributed by atoms with Gasteiger partial charge in [-0.1, -0.05) is 12.1 Å². The van der Waals surface area contributed by atoms with Crippen LogP contribution in [-0.2, 0) is 17.6 Å². The molecule has 1 aromatic carbocycles. The van der Waals surface area contributed by atoms with Gasteiger partial charge in [0.25, 0.3) is 0 Å². The highest BCUT2D eigenvalue weighted by Gasteiger charge is 2.02. The van der Waals surface area contributed by atoms with Gasteiger partial charge in [0.2, 0.25) is 6.29 Å². The molecule has 0 saturated carbocycles. The molecular weight excluding hydrogens is 214 g/mol. The number of benzene rings is 1. The Kier molecular flexibility index (Phi) is 3.31. The number of aromatic amines is 1.